The second-order valence-corrected chi connectivity index (χ2v) is 8.24. The Bertz CT molecular complexity index is 755. The van der Waals surface area contributed by atoms with Gasteiger partial charge in [-0.05, 0) is 45.5 Å². The largest absolute Gasteiger partial charge is 0.336 e. The number of halogens is 1. The summed E-state index contributed by atoms with van der Waals surface area (Å²) in [5.41, 5.74) is 1.15. The molecule has 6 nitrogen and oxygen atoms in total. The monoisotopic (exact) mass is 405 g/mol. The number of carbonyl (C=O) groups excluding carboxylic acids is 1. The summed E-state index contributed by atoms with van der Waals surface area (Å²) in [6.45, 7) is 4.60. The summed E-state index contributed by atoms with van der Waals surface area (Å²) in [4.78, 5) is 19.1. The maximum Gasteiger partial charge on any atom is 0.275 e. The third-order valence-corrected chi connectivity index (χ3v) is 5.60. The van der Waals surface area contributed by atoms with Crippen LogP contribution in [0.15, 0.2) is 30.5 Å². The van der Waals surface area contributed by atoms with Crippen molar-refractivity contribution in [2.75, 3.05) is 46.8 Å². The molecule has 1 amide bonds. The molecule has 3 rings (SSSR count). The molecule has 0 saturated carbocycles. The van der Waals surface area contributed by atoms with Gasteiger partial charge in [-0.1, -0.05) is 18.2 Å². The minimum absolute atomic E-state index is 0.0539. The molecule has 0 radical (unpaired) electrons. The van der Waals surface area contributed by atoms with Gasteiger partial charge in [0, 0.05) is 38.3 Å². The lowest BCUT2D eigenvalue weighted by Crippen LogP contribution is -2.44. The fraction of sp³-hybridized carbons (Fsp3) is 0.550. The van der Waals surface area contributed by atoms with Crippen molar-refractivity contribution in [1.82, 2.24) is 23.4 Å². The summed E-state index contributed by atoms with van der Waals surface area (Å²) in [6.07, 6.45) is 3.68. The lowest BCUT2D eigenvalue weighted by molar-refractivity contribution is 0.0655. The number of nitrogens with zero attached hydrogens (tertiary/aromatic N) is 5. The molecule has 2 heterocycles. The third-order valence-electron chi connectivity index (χ3n) is 5.12. The molecule has 8 heteroatoms. The van der Waals surface area contributed by atoms with Crippen molar-refractivity contribution in [1.29, 1.82) is 0 Å². The Morgan fingerprint density at radius 1 is 1.32 bits per heavy atom. The van der Waals surface area contributed by atoms with E-state index in [1.54, 1.807) is 12.3 Å². The van der Waals surface area contributed by atoms with Crippen LogP contribution in [0.2, 0.25) is 0 Å². The molecule has 0 N–H and O–H groups in total. The molecular formula is C20H28FN5OS. The first-order valence-electron chi connectivity index (χ1n) is 9.70. The normalized spacial score (nSPS) is 17.8. The van der Waals surface area contributed by atoms with Crippen LogP contribution in [-0.4, -0.2) is 76.2 Å². The van der Waals surface area contributed by atoms with E-state index in [-0.39, 0.29) is 11.7 Å². The van der Waals surface area contributed by atoms with Crippen LogP contribution in [0.5, 0.6) is 0 Å². The van der Waals surface area contributed by atoms with Gasteiger partial charge in [0.1, 0.15) is 5.82 Å². The Morgan fingerprint density at radius 3 is 2.86 bits per heavy atom. The number of carbonyl (C=O) groups is 1. The number of amides is 1. The number of likely N-dealkylation sites (tertiary alicyclic amines) is 1. The Labute approximate surface area is 170 Å². The van der Waals surface area contributed by atoms with E-state index in [9.17, 15) is 9.18 Å². The number of hydrogen-bond donors (Lipinski definition) is 0. The summed E-state index contributed by atoms with van der Waals surface area (Å²) >= 11 is 1.06. The van der Waals surface area contributed by atoms with E-state index < -0.39 is 0 Å². The molecule has 1 aliphatic heterocycles. The minimum Gasteiger partial charge on any atom is -0.336 e. The van der Waals surface area contributed by atoms with Crippen LogP contribution in [-0.2, 0) is 6.54 Å². The molecule has 0 aliphatic carbocycles. The SMILES string of the molecule is CN(C)CCN(C[C@H]1CCCN(Cc2ccccc2F)C1)C(=O)c1cnsn1. The van der Waals surface area contributed by atoms with Crippen LogP contribution in [0.25, 0.3) is 0 Å². The minimum atomic E-state index is -0.150. The lowest BCUT2D eigenvalue weighted by Gasteiger charge is -2.36. The second-order valence-electron chi connectivity index (χ2n) is 7.68. The Balaban J connectivity index is 1.62. The van der Waals surface area contributed by atoms with Crippen LogP contribution in [0, 0.1) is 11.7 Å². The molecule has 1 atom stereocenters. The zero-order valence-corrected chi connectivity index (χ0v) is 17.4. The van der Waals surface area contributed by atoms with E-state index in [2.05, 4.69) is 18.5 Å². The highest BCUT2D eigenvalue weighted by Crippen LogP contribution is 2.21. The summed E-state index contributed by atoms with van der Waals surface area (Å²) in [6, 6.07) is 6.96. The van der Waals surface area contributed by atoms with Crippen molar-refractivity contribution in [2.24, 2.45) is 5.92 Å². The molecule has 152 valence electrons. The van der Waals surface area contributed by atoms with Crippen LogP contribution < -0.4 is 0 Å². The van der Waals surface area contributed by atoms with Gasteiger partial charge >= 0.3 is 0 Å². The molecule has 0 unspecified atom stereocenters. The summed E-state index contributed by atoms with van der Waals surface area (Å²) in [7, 11) is 4.01. The number of likely N-dealkylation sites (N-methyl/N-ethyl adjacent to an activating group) is 1. The van der Waals surface area contributed by atoms with Crippen LogP contribution in [0.4, 0.5) is 4.39 Å². The smallest absolute Gasteiger partial charge is 0.275 e. The van der Waals surface area contributed by atoms with E-state index in [1.807, 2.05) is 31.1 Å². The standard InChI is InChI=1S/C20H28FN5OS/c1-24(2)10-11-26(20(27)19-12-22-28-23-19)14-16-6-5-9-25(13-16)15-17-7-3-4-8-18(17)21/h3-4,7-8,12,16H,5-6,9-11,13-15H2,1-2H3/t16-/m0/s1. The van der Waals surface area contributed by atoms with Crippen LogP contribution >= 0.6 is 11.7 Å². The molecule has 1 fully saturated rings. The van der Waals surface area contributed by atoms with Gasteiger partial charge in [-0.3, -0.25) is 9.69 Å². The zero-order valence-electron chi connectivity index (χ0n) is 16.6. The fourth-order valence-corrected chi connectivity index (χ4v) is 4.05. The van der Waals surface area contributed by atoms with Gasteiger partial charge in [0.25, 0.3) is 5.91 Å². The Kier molecular flexibility index (Phi) is 7.47. The summed E-state index contributed by atoms with van der Waals surface area (Å²) < 4.78 is 22.1. The van der Waals surface area contributed by atoms with Gasteiger partial charge < -0.3 is 9.80 Å². The maximum absolute atomic E-state index is 14.0. The summed E-state index contributed by atoms with van der Waals surface area (Å²) in [5.74, 6) is 0.170. The van der Waals surface area contributed by atoms with Crippen molar-refractivity contribution in [2.45, 2.75) is 19.4 Å². The maximum atomic E-state index is 14.0. The van der Waals surface area contributed by atoms with Gasteiger partial charge in [0.15, 0.2) is 5.69 Å². The van der Waals surface area contributed by atoms with Gasteiger partial charge in [-0.15, -0.1) is 0 Å². The lowest BCUT2D eigenvalue weighted by atomic mass is 9.96. The van der Waals surface area contributed by atoms with Crippen molar-refractivity contribution < 1.29 is 9.18 Å². The Morgan fingerprint density at radius 2 is 2.14 bits per heavy atom. The number of benzene rings is 1. The highest BCUT2D eigenvalue weighted by atomic mass is 32.1. The van der Waals surface area contributed by atoms with E-state index in [0.29, 0.717) is 31.2 Å². The molecule has 1 aromatic carbocycles. The van der Waals surface area contributed by atoms with Crippen molar-refractivity contribution in [3.05, 3.63) is 47.5 Å². The second kappa shape index (κ2) is 10.0. The number of rotatable bonds is 8. The van der Waals surface area contributed by atoms with Crippen molar-refractivity contribution in [3.63, 3.8) is 0 Å². The highest BCUT2D eigenvalue weighted by molar-refractivity contribution is 6.99. The molecule has 0 spiro atoms. The van der Waals surface area contributed by atoms with Gasteiger partial charge in [0.05, 0.1) is 17.9 Å². The first-order chi connectivity index (χ1) is 13.5. The third kappa shape index (κ3) is 5.80. The Hall–Kier alpha value is -1.90. The van der Waals surface area contributed by atoms with Crippen LogP contribution in [0.1, 0.15) is 28.9 Å². The molecule has 28 heavy (non-hydrogen) atoms. The zero-order chi connectivity index (χ0) is 19.9. The molecule has 1 aliphatic rings. The first kappa shape index (κ1) is 20.8. The molecular weight excluding hydrogens is 377 g/mol. The predicted molar refractivity (Wildman–Crippen MR) is 109 cm³/mol. The van der Waals surface area contributed by atoms with Gasteiger partial charge in [-0.25, -0.2) is 4.39 Å². The molecule has 1 aromatic heterocycles. The predicted octanol–water partition coefficient (Wildman–Crippen LogP) is 2.59. The first-order valence-corrected chi connectivity index (χ1v) is 10.4. The van der Waals surface area contributed by atoms with Crippen LogP contribution in [0.3, 0.4) is 0 Å². The highest BCUT2D eigenvalue weighted by Gasteiger charge is 2.26. The number of aromatic nitrogens is 2. The van der Waals surface area contributed by atoms with E-state index in [1.165, 1.54) is 6.07 Å². The van der Waals surface area contributed by atoms with E-state index in [0.717, 1.165) is 49.8 Å². The number of piperidine rings is 1. The van der Waals surface area contributed by atoms with Gasteiger partial charge in [0.2, 0.25) is 0 Å². The molecule has 2 aromatic rings. The van der Waals surface area contributed by atoms with Gasteiger partial charge in [-0.2, -0.15) is 8.75 Å². The topological polar surface area (TPSA) is 52.6 Å². The fourth-order valence-electron chi connectivity index (χ4n) is 3.64. The van der Waals surface area contributed by atoms with E-state index >= 15 is 0 Å². The average molecular weight is 406 g/mol. The summed E-state index contributed by atoms with van der Waals surface area (Å²) in [5, 5.41) is 0. The molecule has 1 saturated heterocycles. The van der Waals surface area contributed by atoms with Crippen molar-refractivity contribution in [3.8, 4) is 0 Å². The average Bonchev–Trinajstić information content (AvgIpc) is 3.21. The van der Waals surface area contributed by atoms with Crippen molar-refractivity contribution >= 4 is 17.6 Å². The quantitative estimate of drug-likeness (QED) is 0.676. The number of hydrogen-bond acceptors (Lipinski definition) is 6. The van der Waals surface area contributed by atoms with E-state index in [4.69, 9.17) is 0 Å². The molecule has 0 bridgehead atoms.